The molecule has 2 N–H and O–H groups in total. The monoisotopic (exact) mass is 391 g/mol. The number of nitrogens with zero attached hydrogens (tertiary/aromatic N) is 5. The second-order valence-corrected chi connectivity index (χ2v) is 6.74. The molecule has 3 aromatic heterocycles. The molecule has 0 radical (unpaired) electrons. The lowest BCUT2D eigenvalue weighted by atomic mass is 10.1. The van der Waals surface area contributed by atoms with Gasteiger partial charge in [-0.05, 0) is 37.6 Å². The maximum atomic E-state index is 12.4. The molecule has 0 aromatic carbocycles. The van der Waals surface area contributed by atoms with Gasteiger partial charge >= 0.3 is 0 Å². The summed E-state index contributed by atoms with van der Waals surface area (Å²) in [4.78, 5) is 16.6. The first kappa shape index (κ1) is 18.4. The van der Waals surface area contributed by atoms with Crippen molar-refractivity contribution >= 4 is 34.8 Å². The fraction of sp³-hybridized carbons (Fsp3) is 0.312. The lowest BCUT2D eigenvalue weighted by Gasteiger charge is -2.22. The lowest BCUT2D eigenvalue weighted by Crippen LogP contribution is -2.32. The minimum absolute atomic E-state index is 0. The molecule has 4 rings (SSSR count). The second-order valence-electron chi connectivity index (χ2n) is 5.76. The number of pyridine rings is 1. The van der Waals surface area contributed by atoms with E-state index in [-0.39, 0.29) is 18.3 Å². The van der Waals surface area contributed by atoms with Crippen LogP contribution in [-0.4, -0.2) is 44.0 Å². The van der Waals surface area contributed by atoms with Gasteiger partial charge in [-0.3, -0.25) is 19.8 Å². The van der Waals surface area contributed by atoms with Crippen LogP contribution >= 0.6 is 23.7 Å². The molecule has 1 atom stereocenters. The van der Waals surface area contributed by atoms with Gasteiger partial charge in [-0.1, -0.05) is 17.4 Å². The highest BCUT2D eigenvalue weighted by molar-refractivity contribution is 7.18. The van der Waals surface area contributed by atoms with Gasteiger partial charge in [0.15, 0.2) is 10.7 Å². The van der Waals surface area contributed by atoms with Crippen LogP contribution in [0.2, 0.25) is 0 Å². The molecule has 0 saturated carbocycles. The summed E-state index contributed by atoms with van der Waals surface area (Å²) >= 11 is 1.28. The highest BCUT2D eigenvalue weighted by atomic mass is 35.5. The SMILES string of the molecule is Cl.O=C(Nc1nnc(-c2ccccn2)s1)c1ccn(C2CCCNC2)n1. The van der Waals surface area contributed by atoms with Crippen LogP contribution in [0.4, 0.5) is 5.13 Å². The Bertz CT molecular complexity index is 860. The Morgan fingerprint density at radius 3 is 3.00 bits per heavy atom. The predicted molar refractivity (Wildman–Crippen MR) is 102 cm³/mol. The Kier molecular flexibility index (Phi) is 5.92. The number of carbonyl (C=O) groups is 1. The number of halogens is 1. The van der Waals surface area contributed by atoms with Crippen LogP contribution in [0.1, 0.15) is 29.4 Å². The minimum Gasteiger partial charge on any atom is -0.315 e. The zero-order chi connectivity index (χ0) is 17.1. The fourth-order valence-corrected chi connectivity index (χ4v) is 3.46. The van der Waals surface area contributed by atoms with Crippen molar-refractivity contribution in [3.63, 3.8) is 0 Å². The van der Waals surface area contributed by atoms with E-state index in [9.17, 15) is 4.79 Å². The van der Waals surface area contributed by atoms with Crippen LogP contribution in [0.5, 0.6) is 0 Å². The number of nitrogens with one attached hydrogen (secondary N) is 2. The van der Waals surface area contributed by atoms with Crippen molar-refractivity contribution in [2.45, 2.75) is 18.9 Å². The van der Waals surface area contributed by atoms with E-state index in [1.54, 1.807) is 12.3 Å². The highest BCUT2D eigenvalue weighted by Crippen LogP contribution is 2.24. The van der Waals surface area contributed by atoms with Crippen LogP contribution in [-0.2, 0) is 0 Å². The first-order valence-corrected chi connectivity index (χ1v) is 8.93. The maximum absolute atomic E-state index is 12.4. The standard InChI is InChI=1S/C16H17N7OS.ClH/c24-14(12-6-9-23(22-12)11-4-3-7-17-10-11)19-16-21-20-15(25-16)13-5-1-2-8-18-13;/h1-2,5-6,8-9,11,17H,3-4,7,10H2,(H,19,21,24);1H. The zero-order valence-electron chi connectivity index (χ0n) is 13.8. The van der Waals surface area contributed by atoms with Crippen LogP contribution in [0.25, 0.3) is 10.7 Å². The minimum atomic E-state index is -0.286. The van der Waals surface area contributed by atoms with E-state index < -0.39 is 0 Å². The topological polar surface area (TPSA) is 97.6 Å². The Morgan fingerprint density at radius 1 is 1.31 bits per heavy atom. The number of aromatic nitrogens is 5. The molecule has 0 bridgehead atoms. The number of piperidine rings is 1. The van der Waals surface area contributed by atoms with Gasteiger partial charge in [0.05, 0.1) is 6.04 Å². The third-order valence-corrected chi connectivity index (χ3v) is 4.88. The molecule has 1 unspecified atom stereocenters. The average Bonchev–Trinajstić information content (AvgIpc) is 3.33. The number of hydrogen-bond donors (Lipinski definition) is 2. The molecule has 1 fully saturated rings. The largest absolute Gasteiger partial charge is 0.315 e. The first-order valence-electron chi connectivity index (χ1n) is 8.12. The van der Waals surface area contributed by atoms with Crippen molar-refractivity contribution in [2.24, 2.45) is 0 Å². The molecule has 4 heterocycles. The van der Waals surface area contributed by atoms with Crippen molar-refractivity contribution < 1.29 is 4.79 Å². The van der Waals surface area contributed by atoms with Gasteiger partial charge in [-0.2, -0.15) is 5.10 Å². The lowest BCUT2D eigenvalue weighted by molar-refractivity contribution is 0.102. The number of carbonyl (C=O) groups excluding carboxylic acids is 1. The third-order valence-electron chi connectivity index (χ3n) is 4.02. The zero-order valence-corrected chi connectivity index (χ0v) is 15.5. The molecule has 3 aromatic rings. The Morgan fingerprint density at radius 2 is 2.23 bits per heavy atom. The number of anilines is 1. The van der Waals surface area contributed by atoms with E-state index in [1.165, 1.54) is 11.3 Å². The van der Waals surface area contributed by atoms with E-state index in [4.69, 9.17) is 0 Å². The summed E-state index contributed by atoms with van der Waals surface area (Å²) in [6.07, 6.45) is 5.74. The van der Waals surface area contributed by atoms with E-state index >= 15 is 0 Å². The summed E-state index contributed by atoms with van der Waals surface area (Å²) in [7, 11) is 0. The molecular formula is C16H18ClN7OS. The van der Waals surface area contributed by atoms with Crippen molar-refractivity contribution in [3.05, 3.63) is 42.4 Å². The van der Waals surface area contributed by atoms with Gasteiger partial charge in [-0.15, -0.1) is 22.6 Å². The van der Waals surface area contributed by atoms with E-state index in [0.29, 0.717) is 21.9 Å². The van der Waals surface area contributed by atoms with Crippen LogP contribution in [0, 0.1) is 0 Å². The molecular weight excluding hydrogens is 374 g/mol. The fourth-order valence-electron chi connectivity index (χ4n) is 2.75. The molecule has 8 nitrogen and oxygen atoms in total. The highest BCUT2D eigenvalue weighted by Gasteiger charge is 2.18. The normalized spacial score (nSPS) is 16.7. The quantitative estimate of drug-likeness (QED) is 0.708. The molecule has 1 aliphatic rings. The van der Waals surface area contributed by atoms with Gasteiger partial charge in [0, 0.05) is 18.9 Å². The second kappa shape index (κ2) is 8.35. The summed E-state index contributed by atoms with van der Waals surface area (Å²) in [5.41, 5.74) is 1.11. The number of rotatable bonds is 4. The van der Waals surface area contributed by atoms with Crippen LogP contribution < -0.4 is 10.6 Å². The van der Waals surface area contributed by atoms with Gasteiger partial charge in [-0.25, -0.2) is 0 Å². The molecule has 136 valence electrons. The molecule has 1 amide bonds. The van der Waals surface area contributed by atoms with Crippen LogP contribution in [0.15, 0.2) is 36.7 Å². The van der Waals surface area contributed by atoms with Gasteiger partial charge in [0.25, 0.3) is 5.91 Å². The smallest absolute Gasteiger partial charge is 0.277 e. The molecule has 26 heavy (non-hydrogen) atoms. The summed E-state index contributed by atoms with van der Waals surface area (Å²) in [6, 6.07) is 7.60. The van der Waals surface area contributed by atoms with E-state index in [1.807, 2.05) is 29.1 Å². The average molecular weight is 392 g/mol. The van der Waals surface area contributed by atoms with Crippen LogP contribution in [0.3, 0.4) is 0 Å². The molecule has 0 spiro atoms. The van der Waals surface area contributed by atoms with Crippen molar-refractivity contribution in [3.8, 4) is 10.7 Å². The maximum Gasteiger partial charge on any atom is 0.277 e. The number of hydrogen-bond acceptors (Lipinski definition) is 7. The predicted octanol–water partition coefficient (Wildman–Crippen LogP) is 2.40. The Balaban J connectivity index is 0.00000196. The van der Waals surface area contributed by atoms with Crippen molar-refractivity contribution in [2.75, 3.05) is 18.4 Å². The molecule has 0 aliphatic carbocycles. The van der Waals surface area contributed by atoms with E-state index in [2.05, 4.69) is 30.9 Å². The summed E-state index contributed by atoms with van der Waals surface area (Å²) < 4.78 is 1.86. The van der Waals surface area contributed by atoms with Crippen molar-refractivity contribution in [1.29, 1.82) is 0 Å². The Labute approximate surface area is 160 Å². The molecule has 1 aliphatic heterocycles. The van der Waals surface area contributed by atoms with Gasteiger partial charge < -0.3 is 5.32 Å². The first-order chi connectivity index (χ1) is 12.3. The Hall–Kier alpha value is -2.36. The number of amides is 1. The molecule has 1 saturated heterocycles. The van der Waals surface area contributed by atoms with Gasteiger partial charge in [0.2, 0.25) is 5.13 Å². The van der Waals surface area contributed by atoms with Gasteiger partial charge in [0.1, 0.15) is 5.69 Å². The summed E-state index contributed by atoms with van der Waals surface area (Å²) in [5, 5.41) is 19.7. The third kappa shape index (κ3) is 4.06. The van der Waals surface area contributed by atoms with E-state index in [0.717, 1.165) is 31.6 Å². The summed E-state index contributed by atoms with van der Waals surface area (Å²) in [6.45, 7) is 1.92. The summed E-state index contributed by atoms with van der Waals surface area (Å²) in [5.74, 6) is -0.286. The molecule has 10 heteroatoms. The van der Waals surface area contributed by atoms with Crippen molar-refractivity contribution in [1.82, 2.24) is 30.3 Å².